The number of rotatable bonds is 2. The number of ether oxygens (including phenoxy) is 1. The molecule has 4 rings (SSSR count). The Morgan fingerprint density at radius 2 is 2.28 bits per heavy atom. The van der Waals surface area contributed by atoms with E-state index in [1.165, 1.54) is 7.11 Å². The third-order valence-electron chi connectivity index (χ3n) is 3.37. The van der Waals surface area contributed by atoms with Crippen LogP contribution in [0.4, 0.5) is 5.69 Å². The number of methoxy groups -OCH3 is 1. The highest BCUT2D eigenvalue weighted by molar-refractivity contribution is 5.90. The molecule has 1 aromatic rings. The van der Waals surface area contributed by atoms with Gasteiger partial charge >= 0.3 is 5.97 Å². The van der Waals surface area contributed by atoms with Crippen molar-refractivity contribution in [1.29, 1.82) is 0 Å². The van der Waals surface area contributed by atoms with Crippen molar-refractivity contribution >= 4 is 11.7 Å². The van der Waals surface area contributed by atoms with Gasteiger partial charge in [0.2, 0.25) is 0 Å². The molecule has 18 heavy (non-hydrogen) atoms. The zero-order chi connectivity index (χ0) is 12.5. The lowest BCUT2D eigenvalue weighted by molar-refractivity contribution is 0.00350. The quantitative estimate of drug-likeness (QED) is 0.592. The molecule has 0 spiro atoms. The van der Waals surface area contributed by atoms with Gasteiger partial charge in [0.15, 0.2) is 0 Å². The Morgan fingerprint density at radius 1 is 1.39 bits per heavy atom. The standard InChI is InChI=1S/C14H15NO3/c1-17-14(16)10-3-2-4-12(9-10)15-11-5-7-13(18-15)8-6-11/h2-5,7,9,11,13H,6,8H2,1H3/t11-,13+/m0/s1. The number of carbonyl (C=O) groups is 1. The molecule has 2 bridgehead atoms. The number of fused-ring (bicyclic) bond motifs is 2. The smallest absolute Gasteiger partial charge is 0.337 e. The van der Waals surface area contributed by atoms with Crippen LogP contribution in [-0.2, 0) is 9.57 Å². The van der Waals surface area contributed by atoms with Crippen molar-refractivity contribution in [3.05, 3.63) is 42.0 Å². The first-order valence-corrected chi connectivity index (χ1v) is 6.10. The van der Waals surface area contributed by atoms with Crippen LogP contribution in [0.2, 0.25) is 0 Å². The highest BCUT2D eigenvalue weighted by Gasteiger charge is 2.31. The summed E-state index contributed by atoms with van der Waals surface area (Å²) in [5.74, 6) is -0.324. The zero-order valence-electron chi connectivity index (χ0n) is 10.2. The summed E-state index contributed by atoms with van der Waals surface area (Å²) in [6.45, 7) is 0. The predicted molar refractivity (Wildman–Crippen MR) is 67.3 cm³/mol. The number of nitrogens with zero attached hydrogens (tertiary/aromatic N) is 1. The highest BCUT2D eigenvalue weighted by Crippen LogP contribution is 2.32. The molecule has 1 fully saturated rings. The first kappa shape index (κ1) is 11.3. The normalized spacial score (nSPS) is 25.3. The molecular formula is C14H15NO3. The molecule has 2 aliphatic heterocycles. The van der Waals surface area contributed by atoms with E-state index >= 15 is 0 Å². The van der Waals surface area contributed by atoms with Gasteiger partial charge in [0.05, 0.1) is 24.4 Å². The Kier molecular flexibility index (Phi) is 2.80. The lowest BCUT2D eigenvalue weighted by Gasteiger charge is -2.41. The maximum Gasteiger partial charge on any atom is 0.337 e. The molecule has 1 saturated heterocycles. The van der Waals surface area contributed by atoms with E-state index in [2.05, 4.69) is 12.2 Å². The number of anilines is 1. The van der Waals surface area contributed by atoms with Gasteiger partial charge in [0.25, 0.3) is 0 Å². The summed E-state index contributed by atoms with van der Waals surface area (Å²) in [5, 5.41) is 1.89. The molecule has 0 radical (unpaired) electrons. The first-order chi connectivity index (χ1) is 8.78. The van der Waals surface area contributed by atoms with Crippen molar-refractivity contribution in [1.82, 2.24) is 0 Å². The second kappa shape index (κ2) is 4.46. The summed E-state index contributed by atoms with van der Waals surface area (Å²) in [6, 6.07) is 7.61. The van der Waals surface area contributed by atoms with Crippen LogP contribution in [0.15, 0.2) is 36.4 Å². The fourth-order valence-electron chi connectivity index (χ4n) is 2.43. The maximum atomic E-state index is 11.5. The summed E-state index contributed by atoms with van der Waals surface area (Å²) in [5.41, 5.74) is 1.45. The molecule has 4 nitrogen and oxygen atoms in total. The van der Waals surface area contributed by atoms with Gasteiger partial charge in [0.1, 0.15) is 6.10 Å². The van der Waals surface area contributed by atoms with Crippen molar-refractivity contribution < 1.29 is 14.4 Å². The second-order valence-corrected chi connectivity index (χ2v) is 4.54. The molecule has 0 unspecified atom stereocenters. The molecule has 2 atom stereocenters. The molecule has 0 amide bonds. The van der Waals surface area contributed by atoms with Crippen molar-refractivity contribution in [2.75, 3.05) is 12.2 Å². The monoisotopic (exact) mass is 245 g/mol. The van der Waals surface area contributed by atoms with Crippen LogP contribution in [0, 0.1) is 0 Å². The maximum absolute atomic E-state index is 11.5. The van der Waals surface area contributed by atoms with E-state index in [-0.39, 0.29) is 18.1 Å². The second-order valence-electron chi connectivity index (χ2n) is 4.54. The molecule has 0 N–H and O–H groups in total. The minimum absolute atomic E-state index is 0.164. The minimum Gasteiger partial charge on any atom is -0.465 e. The first-order valence-electron chi connectivity index (χ1n) is 6.10. The van der Waals surface area contributed by atoms with Crippen LogP contribution in [0.1, 0.15) is 23.2 Å². The Balaban J connectivity index is 1.89. The summed E-state index contributed by atoms with van der Waals surface area (Å²) >= 11 is 0. The summed E-state index contributed by atoms with van der Waals surface area (Å²) in [4.78, 5) is 17.3. The Morgan fingerprint density at radius 3 is 2.89 bits per heavy atom. The van der Waals surface area contributed by atoms with E-state index in [1.807, 2.05) is 17.2 Å². The molecule has 94 valence electrons. The lowest BCUT2D eigenvalue weighted by atomic mass is 9.98. The fraction of sp³-hybridized carbons (Fsp3) is 0.357. The van der Waals surface area contributed by atoms with Crippen LogP contribution >= 0.6 is 0 Å². The molecular weight excluding hydrogens is 230 g/mol. The topological polar surface area (TPSA) is 38.8 Å². The van der Waals surface area contributed by atoms with Crippen molar-refractivity contribution in [3.63, 3.8) is 0 Å². The van der Waals surface area contributed by atoms with Gasteiger partial charge in [-0.25, -0.2) is 9.86 Å². The number of hydrogen-bond donors (Lipinski definition) is 0. The van der Waals surface area contributed by atoms with E-state index < -0.39 is 0 Å². The van der Waals surface area contributed by atoms with Crippen LogP contribution in [-0.4, -0.2) is 25.2 Å². The van der Waals surface area contributed by atoms with Crippen LogP contribution < -0.4 is 5.06 Å². The summed E-state index contributed by atoms with van der Waals surface area (Å²) in [7, 11) is 1.39. The Bertz CT molecular complexity index is 498. The zero-order valence-corrected chi connectivity index (χ0v) is 10.2. The fourth-order valence-corrected chi connectivity index (χ4v) is 2.43. The van der Waals surface area contributed by atoms with Gasteiger partial charge in [0, 0.05) is 0 Å². The van der Waals surface area contributed by atoms with Crippen molar-refractivity contribution in [2.24, 2.45) is 0 Å². The molecule has 0 saturated carbocycles. The Hall–Kier alpha value is -1.81. The molecule has 1 aromatic carbocycles. The number of carbonyl (C=O) groups excluding carboxylic acids is 1. The number of benzene rings is 1. The van der Waals surface area contributed by atoms with Gasteiger partial charge in [-0.1, -0.05) is 18.2 Å². The van der Waals surface area contributed by atoms with Gasteiger partial charge in [-0.3, -0.25) is 4.84 Å². The molecule has 2 heterocycles. The number of hydrogen-bond acceptors (Lipinski definition) is 4. The predicted octanol–water partition coefficient (Wildman–Crippen LogP) is 2.31. The van der Waals surface area contributed by atoms with Crippen molar-refractivity contribution in [2.45, 2.75) is 25.0 Å². The van der Waals surface area contributed by atoms with Gasteiger partial charge in [-0.2, -0.15) is 0 Å². The van der Waals surface area contributed by atoms with Crippen LogP contribution in [0.5, 0.6) is 0 Å². The summed E-state index contributed by atoms with van der Waals surface area (Å²) < 4.78 is 4.73. The summed E-state index contributed by atoms with van der Waals surface area (Å²) in [6.07, 6.45) is 6.59. The molecule has 3 aliphatic rings. The lowest BCUT2D eigenvalue weighted by Crippen LogP contribution is -2.45. The minimum atomic E-state index is -0.324. The third kappa shape index (κ3) is 1.88. The van der Waals surface area contributed by atoms with E-state index in [0.29, 0.717) is 5.56 Å². The van der Waals surface area contributed by atoms with Gasteiger partial charge < -0.3 is 4.74 Å². The molecule has 0 aromatic heterocycles. The Labute approximate surface area is 106 Å². The number of hydroxylamine groups is 1. The van der Waals surface area contributed by atoms with Crippen LogP contribution in [0.3, 0.4) is 0 Å². The van der Waals surface area contributed by atoms with E-state index in [4.69, 9.17) is 9.57 Å². The van der Waals surface area contributed by atoms with E-state index in [1.54, 1.807) is 12.1 Å². The largest absolute Gasteiger partial charge is 0.465 e. The van der Waals surface area contributed by atoms with Gasteiger partial charge in [-0.15, -0.1) is 0 Å². The number of esters is 1. The van der Waals surface area contributed by atoms with Gasteiger partial charge in [-0.05, 0) is 31.0 Å². The SMILES string of the molecule is COC(=O)c1cccc(N2O[C@@H]3C=C[C@H]2CC3)c1. The molecule has 1 aliphatic carbocycles. The molecule has 4 heteroatoms. The van der Waals surface area contributed by atoms with E-state index in [0.717, 1.165) is 18.5 Å². The third-order valence-corrected chi connectivity index (χ3v) is 3.37. The average molecular weight is 245 g/mol. The van der Waals surface area contributed by atoms with E-state index in [9.17, 15) is 4.79 Å². The average Bonchev–Trinajstić information content (AvgIpc) is 2.47. The highest BCUT2D eigenvalue weighted by atomic mass is 16.7. The van der Waals surface area contributed by atoms with Crippen LogP contribution in [0.25, 0.3) is 0 Å². The van der Waals surface area contributed by atoms with Crippen molar-refractivity contribution in [3.8, 4) is 0 Å².